The Balaban J connectivity index is 2.25. The minimum atomic E-state index is 0.631. The largest absolute Gasteiger partial charge is 0.457 e. The van der Waals surface area contributed by atoms with Gasteiger partial charge in [-0.15, -0.1) is 0 Å². The van der Waals surface area contributed by atoms with Gasteiger partial charge < -0.3 is 4.74 Å². The van der Waals surface area contributed by atoms with Gasteiger partial charge in [0.05, 0.1) is 11.6 Å². The fourth-order valence-corrected chi connectivity index (χ4v) is 2.07. The molecule has 0 aliphatic rings. The van der Waals surface area contributed by atoms with Gasteiger partial charge in [-0.05, 0) is 37.3 Å². The first-order valence-corrected chi connectivity index (χ1v) is 6.68. The summed E-state index contributed by atoms with van der Waals surface area (Å²) in [6.07, 6.45) is 0. The summed E-state index contributed by atoms with van der Waals surface area (Å²) < 4.78 is 5.82. The first-order valence-electron chi connectivity index (χ1n) is 5.56. The third kappa shape index (κ3) is 2.91. The van der Waals surface area contributed by atoms with Gasteiger partial charge in [0.25, 0.3) is 0 Å². The lowest BCUT2D eigenvalue weighted by atomic mass is 10.1. The highest BCUT2D eigenvalue weighted by Gasteiger charge is 2.04. The molecule has 0 radical (unpaired) electrons. The maximum Gasteiger partial charge on any atom is 0.131 e. The molecule has 2 nitrogen and oxygen atoms in total. The molecule has 0 amide bonds. The molecule has 90 valence electrons. The lowest BCUT2D eigenvalue weighted by molar-refractivity contribution is 0.478. The molecule has 0 aromatic heterocycles. The summed E-state index contributed by atoms with van der Waals surface area (Å²) in [4.78, 5) is 0. The molecule has 0 aliphatic heterocycles. The first kappa shape index (κ1) is 12.7. The van der Waals surface area contributed by atoms with Crippen LogP contribution in [0.4, 0.5) is 0 Å². The highest BCUT2D eigenvalue weighted by molar-refractivity contribution is 9.08. The van der Waals surface area contributed by atoms with Crippen molar-refractivity contribution in [1.29, 1.82) is 5.26 Å². The molecule has 2 aromatic carbocycles. The standard InChI is InChI=1S/C15H12BrNO/c1-11-2-7-15(13(8-11)9-16)18-14-5-3-12(10-17)4-6-14/h2-8H,9H2,1H3. The Kier molecular flexibility index (Phi) is 4.01. The molecule has 0 aliphatic carbocycles. The van der Waals surface area contributed by atoms with Crippen LogP contribution in [0.5, 0.6) is 11.5 Å². The van der Waals surface area contributed by atoms with E-state index in [-0.39, 0.29) is 0 Å². The van der Waals surface area contributed by atoms with Crippen molar-refractivity contribution in [1.82, 2.24) is 0 Å². The molecule has 0 bridgehead atoms. The molecule has 0 saturated carbocycles. The number of ether oxygens (including phenoxy) is 1. The second-order valence-electron chi connectivity index (χ2n) is 3.98. The summed E-state index contributed by atoms with van der Waals surface area (Å²) in [5.41, 5.74) is 2.95. The van der Waals surface area contributed by atoms with E-state index in [2.05, 4.69) is 35.0 Å². The topological polar surface area (TPSA) is 33.0 Å². The smallest absolute Gasteiger partial charge is 0.131 e. The Labute approximate surface area is 115 Å². The normalized spacial score (nSPS) is 9.83. The fourth-order valence-electron chi connectivity index (χ4n) is 1.64. The zero-order valence-corrected chi connectivity index (χ0v) is 11.6. The predicted molar refractivity (Wildman–Crippen MR) is 75.0 cm³/mol. The summed E-state index contributed by atoms with van der Waals surface area (Å²) >= 11 is 3.46. The van der Waals surface area contributed by atoms with Crippen LogP contribution in [0.25, 0.3) is 0 Å². The molecule has 2 aromatic rings. The Bertz CT molecular complexity index is 584. The number of aryl methyl sites for hydroxylation is 1. The van der Waals surface area contributed by atoms with Crippen LogP contribution in [0.15, 0.2) is 42.5 Å². The van der Waals surface area contributed by atoms with Crippen LogP contribution in [0.1, 0.15) is 16.7 Å². The summed E-state index contributed by atoms with van der Waals surface area (Å²) in [6.45, 7) is 2.05. The van der Waals surface area contributed by atoms with Gasteiger partial charge in [-0.1, -0.05) is 33.6 Å². The van der Waals surface area contributed by atoms with Gasteiger partial charge in [0.2, 0.25) is 0 Å². The Morgan fingerprint density at radius 2 is 1.89 bits per heavy atom. The summed E-state index contributed by atoms with van der Waals surface area (Å²) in [6, 6.07) is 15.3. The summed E-state index contributed by atoms with van der Waals surface area (Å²) in [5, 5.41) is 9.48. The van der Waals surface area contributed by atoms with Crippen molar-refractivity contribution in [2.45, 2.75) is 12.3 Å². The lowest BCUT2D eigenvalue weighted by Crippen LogP contribution is -1.90. The van der Waals surface area contributed by atoms with Gasteiger partial charge in [0.15, 0.2) is 0 Å². The van der Waals surface area contributed by atoms with E-state index in [1.165, 1.54) is 5.56 Å². The Morgan fingerprint density at radius 1 is 1.17 bits per heavy atom. The van der Waals surface area contributed by atoms with E-state index in [1.54, 1.807) is 24.3 Å². The summed E-state index contributed by atoms with van der Waals surface area (Å²) in [7, 11) is 0. The minimum Gasteiger partial charge on any atom is -0.457 e. The Hall–Kier alpha value is -1.79. The number of nitriles is 1. The highest BCUT2D eigenvalue weighted by atomic mass is 79.9. The van der Waals surface area contributed by atoms with Crippen molar-refractivity contribution in [2.24, 2.45) is 0 Å². The summed E-state index contributed by atoms with van der Waals surface area (Å²) in [5.74, 6) is 1.57. The van der Waals surface area contributed by atoms with E-state index in [4.69, 9.17) is 10.00 Å². The Morgan fingerprint density at radius 3 is 2.50 bits per heavy atom. The SMILES string of the molecule is Cc1ccc(Oc2ccc(C#N)cc2)c(CBr)c1. The van der Waals surface area contributed by atoms with Crippen molar-refractivity contribution in [3.63, 3.8) is 0 Å². The minimum absolute atomic E-state index is 0.631. The lowest BCUT2D eigenvalue weighted by Gasteiger charge is -2.10. The van der Waals surface area contributed by atoms with Crippen LogP contribution in [0.3, 0.4) is 0 Å². The van der Waals surface area contributed by atoms with Crippen LogP contribution in [-0.2, 0) is 5.33 Å². The molecule has 0 N–H and O–H groups in total. The van der Waals surface area contributed by atoms with Crippen LogP contribution in [-0.4, -0.2) is 0 Å². The van der Waals surface area contributed by atoms with E-state index < -0.39 is 0 Å². The van der Waals surface area contributed by atoms with E-state index >= 15 is 0 Å². The van der Waals surface area contributed by atoms with E-state index in [0.29, 0.717) is 5.56 Å². The third-order valence-electron chi connectivity index (χ3n) is 2.57. The number of alkyl halides is 1. The van der Waals surface area contributed by atoms with Crippen molar-refractivity contribution < 1.29 is 4.74 Å². The molecule has 0 spiro atoms. The van der Waals surface area contributed by atoms with Crippen molar-refractivity contribution >= 4 is 15.9 Å². The van der Waals surface area contributed by atoms with Gasteiger partial charge in [-0.3, -0.25) is 0 Å². The molecule has 0 heterocycles. The molecule has 0 atom stereocenters. The van der Waals surface area contributed by atoms with Crippen LogP contribution < -0.4 is 4.74 Å². The predicted octanol–water partition coefficient (Wildman–Crippen LogP) is 4.55. The number of hydrogen-bond acceptors (Lipinski definition) is 2. The number of benzene rings is 2. The van der Waals surface area contributed by atoms with Gasteiger partial charge in [0.1, 0.15) is 11.5 Å². The zero-order chi connectivity index (χ0) is 13.0. The first-order chi connectivity index (χ1) is 8.72. The molecule has 18 heavy (non-hydrogen) atoms. The van der Waals surface area contributed by atoms with Crippen molar-refractivity contribution in [2.75, 3.05) is 0 Å². The van der Waals surface area contributed by atoms with Gasteiger partial charge >= 0.3 is 0 Å². The quantitative estimate of drug-likeness (QED) is 0.779. The van der Waals surface area contributed by atoms with E-state index in [0.717, 1.165) is 22.4 Å². The molecule has 0 saturated heterocycles. The van der Waals surface area contributed by atoms with Crippen molar-refractivity contribution in [3.8, 4) is 17.6 Å². The van der Waals surface area contributed by atoms with Crippen LogP contribution >= 0.6 is 15.9 Å². The molecule has 0 unspecified atom stereocenters. The third-order valence-corrected chi connectivity index (χ3v) is 3.18. The average molecular weight is 302 g/mol. The maximum atomic E-state index is 8.73. The molecule has 2 rings (SSSR count). The second-order valence-corrected chi connectivity index (χ2v) is 4.54. The number of hydrogen-bond donors (Lipinski definition) is 0. The molecule has 3 heteroatoms. The number of nitrogens with zero attached hydrogens (tertiary/aromatic N) is 1. The molecular weight excluding hydrogens is 290 g/mol. The highest BCUT2D eigenvalue weighted by Crippen LogP contribution is 2.27. The van der Waals surface area contributed by atoms with E-state index in [1.807, 2.05) is 12.1 Å². The van der Waals surface area contributed by atoms with Gasteiger partial charge in [-0.2, -0.15) is 5.26 Å². The van der Waals surface area contributed by atoms with Crippen molar-refractivity contribution in [3.05, 3.63) is 59.2 Å². The fraction of sp³-hybridized carbons (Fsp3) is 0.133. The van der Waals surface area contributed by atoms with Crippen LogP contribution in [0, 0.1) is 18.3 Å². The van der Waals surface area contributed by atoms with Crippen LogP contribution in [0.2, 0.25) is 0 Å². The van der Waals surface area contributed by atoms with Gasteiger partial charge in [0, 0.05) is 10.9 Å². The second kappa shape index (κ2) is 5.70. The van der Waals surface area contributed by atoms with Gasteiger partial charge in [-0.25, -0.2) is 0 Å². The molecular formula is C15H12BrNO. The zero-order valence-electron chi connectivity index (χ0n) is 9.98. The van der Waals surface area contributed by atoms with E-state index in [9.17, 15) is 0 Å². The maximum absolute atomic E-state index is 8.73. The number of halogens is 1. The molecule has 0 fully saturated rings. The monoisotopic (exact) mass is 301 g/mol. The number of rotatable bonds is 3. The average Bonchev–Trinajstić information content (AvgIpc) is 2.41.